The molecule has 0 unspecified atom stereocenters. The molecule has 2 aromatic carbocycles. The van der Waals surface area contributed by atoms with E-state index in [-0.39, 0.29) is 5.82 Å². The van der Waals surface area contributed by atoms with E-state index in [1.165, 1.54) is 6.07 Å². The Morgan fingerprint density at radius 3 is 2.57 bits per heavy atom. The van der Waals surface area contributed by atoms with Gasteiger partial charge in [0.1, 0.15) is 5.82 Å². The van der Waals surface area contributed by atoms with Crippen molar-refractivity contribution in [3.05, 3.63) is 96.5 Å². The van der Waals surface area contributed by atoms with Crippen LogP contribution >= 0.6 is 0 Å². The highest BCUT2D eigenvalue weighted by molar-refractivity contribution is 5.81. The molecule has 0 aliphatic heterocycles. The van der Waals surface area contributed by atoms with Crippen LogP contribution in [0.25, 0.3) is 10.9 Å². The Bertz CT molecular complexity index is 1020. The standard InChI is InChI=1S/C23H23FN4/c24-22-10-2-1-6-20(22)16-28(14-5-13-27-15-12-25-18-27)17-21-8-3-7-19-9-4-11-26-23(19)21/h1-4,6-12,15,18H,5,13-14,16-17H2. The van der Waals surface area contributed by atoms with Crippen molar-refractivity contribution < 1.29 is 4.39 Å². The Hall–Kier alpha value is -3.05. The minimum atomic E-state index is -0.154. The van der Waals surface area contributed by atoms with Crippen LogP contribution in [0.1, 0.15) is 17.5 Å². The summed E-state index contributed by atoms with van der Waals surface area (Å²) in [5.41, 5.74) is 2.90. The smallest absolute Gasteiger partial charge is 0.127 e. The molecule has 0 saturated heterocycles. The predicted octanol–water partition coefficient (Wildman–Crippen LogP) is 4.66. The van der Waals surface area contributed by atoms with Gasteiger partial charge in [-0.3, -0.25) is 9.88 Å². The Labute approximate surface area is 164 Å². The number of para-hydroxylation sites is 1. The second-order valence-corrected chi connectivity index (χ2v) is 6.95. The first-order valence-corrected chi connectivity index (χ1v) is 9.54. The van der Waals surface area contributed by atoms with E-state index in [1.54, 1.807) is 12.3 Å². The van der Waals surface area contributed by atoms with Crippen molar-refractivity contribution in [2.45, 2.75) is 26.1 Å². The van der Waals surface area contributed by atoms with E-state index in [2.05, 4.69) is 43.7 Å². The van der Waals surface area contributed by atoms with Gasteiger partial charge >= 0.3 is 0 Å². The number of hydrogen-bond donors (Lipinski definition) is 0. The number of aromatic nitrogens is 3. The van der Waals surface area contributed by atoms with E-state index in [4.69, 9.17) is 0 Å². The summed E-state index contributed by atoms with van der Waals surface area (Å²) >= 11 is 0. The topological polar surface area (TPSA) is 34.0 Å². The molecule has 0 saturated carbocycles. The number of halogens is 1. The normalized spacial score (nSPS) is 11.4. The molecule has 4 aromatic rings. The monoisotopic (exact) mass is 374 g/mol. The van der Waals surface area contributed by atoms with Gasteiger partial charge in [-0.1, -0.05) is 42.5 Å². The van der Waals surface area contributed by atoms with Crippen LogP contribution < -0.4 is 0 Å². The fourth-order valence-corrected chi connectivity index (χ4v) is 3.51. The van der Waals surface area contributed by atoms with Crippen LogP contribution in [-0.2, 0) is 19.6 Å². The van der Waals surface area contributed by atoms with Gasteiger partial charge in [0.15, 0.2) is 0 Å². The molecular weight excluding hydrogens is 351 g/mol. The summed E-state index contributed by atoms with van der Waals surface area (Å²) in [5.74, 6) is -0.154. The molecule has 0 N–H and O–H groups in total. The predicted molar refractivity (Wildman–Crippen MR) is 109 cm³/mol. The molecule has 0 amide bonds. The number of pyridine rings is 1. The molecule has 0 bridgehead atoms. The van der Waals surface area contributed by atoms with Crippen LogP contribution in [0.5, 0.6) is 0 Å². The number of imidazole rings is 1. The van der Waals surface area contributed by atoms with Crippen LogP contribution in [0.2, 0.25) is 0 Å². The molecule has 5 heteroatoms. The number of nitrogens with zero attached hydrogens (tertiary/aromatic N) is 4. The zero-order chi connectivity index (χ0) is 19.2. The lowest BCUT2D eigenvalue weighted by Crippen LogP contribution is -2.25. The number of rotatable bonds is 8. The van der Waals surface area contributed by atoms with Crippen molar-refractivity contribution in [1.29, 1.82) is 0 Å². The maximum Gasteiger partial charge on any atom is 0.127 e. The van der Waals surface area contributed by atoms with Crippen LogP contribution in [0.15, 0.2) is 79.5 Å². The van der Waals surface area contributed by atoms with Gasteiger partial charge in [0, 0.05) is 55.7 Å². The lowest BCUT2D eigenvalue weighted by Gasteiger charge is -2.23. The highest BCUT2D eigenvalue weighted by Crippen LogP contribution is 2.20. The minimum absolute atomic E-state index is 0.154. The molecule has 0 aliphatic carbocycles. The van der Waals surface area contributed by atoms with Gasteiger partial charge in [-0.05, 0) is 24.1 Å². The quantitative estimate of drug-likeness (QED) is 0.450. The summed E-state index contributed by atoms with van der Waals surface area (Å²) < 4.78 is 16.3. The van der Waals surface area contributed by atoms with E-state index in [9.17, 15) is 4.39 Å². The zero-order valence-electron chi connectivity index (χ0n) is 15.7. The van der Waals surface area contributed by atoms with Crippen molar-refractivity contribution >= 4 is 10.9 Å². The van der Waals surface area contributed by atoms with E-state index in [1.807, 2.05) is 36.9 Å². The average Bonchev–Trinajstić information content (AvgIpc) is 3.23. The molecule has 2 heterocycles. The summed E-state index contributed by atoms with van der Waals surface area (Å²) in [6.45, 7) is 3.05. The molecule has 28 heavy (non-hydrogen) atoms. The third-order valence-electron chi connectivity index (χ3n) is 4.91. The molecule has 0 fully saturated rings. The Kier molecular flexibility index (Phi) is 5.73. The average molecular weight is 374 g/mol. The van der Waals surface area contributed by atoms with E-state index < -0.39 is 0 Å². The number of hydrogen-bond acceptors (Lipinski definition) is 3. The first kappa shape index (κ1) is 18.3. The van der Waals surface area contributed by atoms with Crippen LogP contribution in [-0.4, -0.2) is 26.0 Å². The Morgan fingerprint density at radius 2 is 1.71 bits per heavy atom. The maximum absolute atomic E-state index is 14.2. The summed E-state index contributed by atoms with van der Waals surface area (Å²) in [7, 11) is 0. The van der Waals surface area contributed by atoms with Crippen LogP contribution in [0, 0.1) is 5.82 Å². The largest absolute Gasteiger partial charge is 0.337 e. The molecule has 0 spiro atoms. The van der Waals surface area contributed by atoms with Crippen molar-refractivity contribution in [2.75, 3.05) is 6.54 Å². The summed E-state index contributed by atoms with van der Waals surface area (Å²) in [4.78, 5) is 10.9. The van der Waals surface area contributed by atoms with E-state index >= 15 is 0 Å². The molecule has 0 radical (unpaired) electrons. The van der Waals surface area contributed by atoms with Gasteiger partial charge in [0.2, 0.25) is 0 Å². The van der Waals surface area contributed by atoms with Crippen LogP contribution in [0.3, 0.4) is 0 Å². The van der Waals surface area contributed by atoms with Gasteiger partial charge in [0.25, 0.3) is 0 Å². The molecular formula is C23H23FN4. The Morgan fingerprint density at radius 1 is 0.893 bits per heavy atom. The molecule has 142 valence electrons. The van der Waals surface area contributed by atoms with Crippen molar-refractivity contribution in [3.63, 3.8) is 0 Å². The maximum atomic E-state index is 14.2. The lowest BCUT2D eigenvalue weighted by molar-refractivity contribution is 0.246. The second kappa shape index (κ2) is 8.76. The number of fused-ring (bicyclic) bond motifs is 1. The fraction of sp³-hybridized carbons (Fsp3) is 0.217. The van der Waals surface area contributed by atoms with E-state index in [0.717, 1.165) is 48.1 Å². The highest BCUT2D eigenvalue weighted by Gasteiger charge is 2.12. The summed E-state index contributed by atoms with van der Waals surface area (Å²) in [6.07, 6.45) is 8.37. The molecule has 2 aromatic heterocycles. The summed E-state index contributed by atoms with van der Waals surface area (Å²) in [6, 6.07) is 17.3. The van der Waals surface area contributed by atoms with Gasteiger partial charge < -0.3 is 4.57 Å². The Balaban J connectivity index is 1.53. The van der Waals surface area contributed by atoms with Gasteiger partial charge in [-0.25, -0.2) is 9.37 Å². The first-order chi connectivity index (χ1) is 13.8. The first-order valence-electron chi connectivity index (χ1n) is 9.54. The minimum Gasteiger partial charge on any atom is -0.337 e. The van der Waals surface area contributed by atoms with Crippen LogP contribution in [0.4, 0.5) is 4.39 Å². The van der Waals surface area contributed by atoms with E-state index in [0.29, 0.717) is 6.54 Å². The molecule has 0 aliphatic rings. The van der Waals surface area contributed by atoms with Gasteiger partial charge in [-0.15, -0.1) is 0 Å². The second-order valence-electron chi connectivity index (χ2n) is 6.95. The zero-order valence-corrected chi connectivity index (χ0v) is 15.7. The van der Waals surface area contributed by atoms with Gasteiger partial charge in [0.05, 0.1) is 11.8 Å². The van der Waals surface area contributed by atoms with Crippen molar-refractivity contribution in [1.82, 2.24) is 19.4 Å². The molecule has 4 nitrogen and oxygen atoms in total. The summed E-state index contributed by atoms with van der Waals surface area (Å²) in [5, 5.41) is 1.13. The number of aryl methyl sites for hydroxylation is 1. The molecule has 4 rings (SSSR count). The fourth-order valence-electron chi connectivity index (χ4n) is 3.51. The highest BCUT2D eigenvalue weighted by atomic mass is 19.1. The third-order valence-corrected chi connectivity index (χ3v) is 4.91. The lowest BCUT2D eigenvalue weighted by atomic mass is 10.1. The van der Waals surface area contributed by atoms with Crippen molar-refractivity contribution in [3.8, 4) is 0 Å². The SMILES string of the molecule is Fc1ccccc1CN(CCCn1ccnc1)Cc1cccc2cccnc12. The number of benzene rings is 2. The van der Waals surface area contributed by atoms with Crippen molar-refractivity contribution in [2.24, 2.45) is 0 Å². The van der Waals surface area contributed by atoms with Gasteiger partial charge in [-0.2, -0.15) is 0 Å². The molecule has 0 atom stereocenters. The third kappa shape index (κ3) is 4.43.